The molecule has 1 heterocycles. The Hall–Kier alpha value is -0.130. The summed E-state index contributed by atoms with van der Waals surface area (Å²) in [6.45, 7) is 0.123. The number of hydrogen-bond donors (Lipinski definition) is 0. The van der Waals surface area contributed by atoms with Gasteiger partial charge in [-0.1, -0.05) is 5.16 Å². The first kappa shape index (κ1) is 5.02. The minimum Gasteiger partial charge on any atom is -0.386 e. The molecule has 38 valence electrons. The molecule has 3 nitrogen and oxygen atoms in total. The molecule has 0 aromatic carbocycles. The van der Waals surface area contributed by atoms with E-state index in [1.54, 1.807) is 0 Å². The van der Waals surface area contributed by atoms with Gasteiger partial charge in [0.1, 0.15) is 0 Å². The van der Waals surface area contributed by atoms with E-state index in [-0.39, 0.29) is 12.4 Å². The van der Waals surface area contributed by atoms with Crippen molar-refractivity contribution in [2.75, 3.05) is 6.61 Å². The molecular formula is C3H2INO2. The predicted molar refractivity (Wildman–Crippen MR) is 32.4 cm³/mol. The van der Waals surface area contributed by atoms with Crippen LogP contribution in [0.2, 0.25) is 0 Å². The lowest BCUT2D eigenvalue weighted by Gasteiger charge is -1.75. The van der Waals surface area contributed by atoms with Gasteiger partial charge in [-0.05, 0) is 22.6 Å². The monoisotopic (exact) mass is 211 g/mol. The lowest BCUT2D eigenvalue weighted by atomic mass is 10.5. The third kappa shape index (κ3) is 0.902. The third-order valence-electron chi connectivity index (χ3n) is 0.570. The van der Waals surface area contributed by atoms with Crippen molar-refractivity contribution in [3.63, 3.8) is 0 Å². The van der Waals surface area contributed by atoms with E-state index in [1.165, 1.54) is 0 Å². The van der Waals surface area contributed by atoms with E-state index in [1.807, 2.05) is 22.6 Å². The number of carbonyl (C=O) groups is 1. The van der Waals surface area contributed by atoms with Crippen molar-refractivity contribution in [1.82, 2.24) is 0 Å². The molecule has 0 aromatic rings. The van der Waals surface area contributed by atoms with E-state index in [0.717, 1.165) is 0 Å². The van der Waals surface area contributed by atoms with Crippen LogP contribution in [0, 0.1) is 0 Å². The molecule has 0 saturated carbocycles. The summed E-state index contributed by atoms with van der Waals surface area (Å²) in [6, 6.07) is 0. The summed E-state index contributed by atoms with van der Waals surface area (Å²) < 4.78 is 0.442. The Morgan fingerprint density at radius 2 is 2.57 bits per heavy atom. The summed E-state index contributed by atoms with van der Waals surface area (Å²) in [6.07, 6.45) is 0. The normalized spacial score (nSPS) is 19.0. The van der Waals surface area contributed by atoms with Gasteiger partial charge in [-0.3, -0.25) is 4.79 Å². The number of hydrogen-bond acceptors (Lipinski definition) is 3. The fourth-order valence-corrected chi connectivity index (χ4v) is 0.553. The average molecular weight is 211 g/mol. The summed E-state index contributed by atoms with van der Waals surface area (Å²) in [4.78, 5) is 14.7. The van der Waals surface area contributed by atoms with E-state index >= 15 is 0 Å². The molecule has 0 unspecified atom stereocenters. The smallest absolute Gasteiger partial charge is 0.230 e. The van der Waals surface area contributed by atoms with Crippen molar-refractivity contribution < 1.29 is 9.63 Å². The lowest BCUT2D eigenvalue weighted by Crippen LogP contribution is -2.03. The van der Waals surface area contributed by atoms with E-state index in [2.05, 4.69) is 9.99 Å². The number of oxime groups is 1. The molecule has 1 rings (SSSR count). The minimum atomic E-state index is -0.0272. The predicted octanol–water partition coefficient (Wildman–Crippen LogP) is 0.334. The Morgan fingerprint density at radius 1 is 1.86 bits per heavy atom. The molecule has 0 radical (unpaired) electrons. The molecular weight excluding hydrogens is 209 g/mol. The van der Waals surface area contributed by atoms with Crippen molar-refractivity contribution in [3.05, 3.63) is 0 Å². The van der Waals surface area contributed by atoms with E-state index in [9.17, 15) is 4.79 Å². The molecule has 0 N–H and O–H groups in total. The summed E-state index contributed by atoms with van der Waals surface area (Å²) in [5.41, 5.74) is 0. The lowest BCUT2D eigenvalue weighted by molar-refractivity contribution is -0.114. The van der Waals surface area contributed by atoms with Gasteiger partial charge in [-0.2, -0.15) is 0 Å². The number of rotatable bonds is 0. The molecule has 1 aliphatic heterocycles. The number of halogens is 1. The third-order valence-corrected chi connectivity index (χ3v) is 1.37. The second kappa shape index (κ2) is 1.77. The van der Waals surface area contributed by atoms with Gasteiger partial charge in [0.05, 0.1) is 0 Å². The fourth-order valence-electron chi connectivity index (χ4n) is 0.258. The van der Waals surface area contributed by atoms with Crippen LogP contribution in [0.25, 0.3) is 0 Å². The summed E-state index contributed by atoms with van der Waals surface area (Å²) in [5, 5.41) is 3.37. The fraction of sp³-hybridized carbons (Fsp3) is 0.333. The van der Waals surface area contributed by atoms with E-state index in [0.29, 0.717) is 3.72 Å². The van der Waals surface area contributed by atoms with E-state index in [4.69, 9.17) is 0 Å². The molecule has 0 fully saturated rings. The van der Waals surface area contributed by atoms with Crippen molar-refractivity contribution in [2.45, 2.75) is 0 Å². The van der Waals surface area contributed by atoms with Crippen molar-refractivity contribution >= 4 is 32.1 Å². The summed E-state index contributed by atoms with van der Waals surface area (Å²) in [5.74, 6) is -0.0272. The molecule has 4 heteroatoms. The Kier molecular flexibility index (Phi) is 1.27. The van der Waals surface area contributed by atoms with Crippen LogP contribution in [-0.2, 0) is 9.63 Å². The van der Waals surface area contributed by atoms with Crippen molar-refractivity contribution in [3.8, 4) is 0 Å². The molecule has 7 heavy (non-hydrogen) atoms. The largest absolute Gasteiger partial charge is 0.386 e. The maximum Gasteiger partial charge on any atom is 0.230 e. The molecule has 0 aromatic heterocycles. The number of Topliss-reactive ketones (excluding diaryl/α,β-unsaturated/α-hetero) is 1. The second-order valence-corrected chi connectivity index (χ2v) is 2.10. The number of carbonyl (C=O) groups excluding carboxylic acids is 1. The quantitative estimate of drug-likeness (QED) is 0.541. The van der Waals surface area contributed by atoms with Gasteiger partial charge in [-0.25, -0.2) is 0 Å². The van der Waals surface area contributed by atoms with Crippen LogP contribution < -0.4 is 0 Å². The van der Waals surface area contributed by atoms with Gasteiger partial charge in [0.25, 0.3) is 0 Å². The Bertz CT molecular complexity index is 131. The van der Waals surface area contributed by atoms with Gasteiger partial charge in [0, 0.05) is 0 Å². The highest BCUT2D eigenvalue weighted by Gasteiger charge is 2.14. The highest BCUT2D eigenvalue weighted by molar-refractivity contribution is 14.1. The van der Waals surface area contributed by atoms with Crippen molar-refractivity contribution in [2.24, 2.45) is 5.16 Å². The molecule has 1 aliphatic rings. The maximum atomic E-state index is 10.3. The first-order chi connectivity index (χ1) is 3.30. The molecule has 0 spiro atoms. The van der Waals surface area contributed by atoms with Gasteiger partial charge in [-0.15, -0.1) is 0 Å². The Labute approximate surface area is 53.8 Å². The zero-order chi connectivity index (χ0) is 5.28. The highest BCUT2D eigenvalue weighted by atomic mass is 127. The maximum absolute atomic E-state index is 10.3. The first-order valence-corrected chi connectivity index (χ1v) is 2.77. The van der Waals surface area contributed by atoms with Crippen LogP contribution in [0.3, 0.4) is 0 Å². The summed E-state index contributed by atoms with van der Waals surface area (Å²) >= 11 is 1.83. The van der Waals surface area contributed by atoms with Crippen LogP contribution in [0.4, 0.5) is 0 Å². The van der Waals surface area contributed by atoms with Crippen LogP contribution in [0.15, 0.2) is 5.16 Å². The van der Waals surface area contributed by atoms with Gasteiger partial charge in [0.15, 0.2) is 10.3 Å². The van der Waals surface area contributed by atoms with E-state index < -0.39 is 0 Å². The first-order valence-electron chi connectivity index (χ1n) is 1.69. The second-order valence-electron chi connectivity index (χ2n) is 1.08. The van der Waals surface area contributed by atoms with Crippen molar-refractivity contribution in [1.29, 1.82) is 0 Å². The average Bonchev–Trinajstić information content (AvgIpc) is 1.91. The topological polar surface area (TPSA) is 38.7 Å². The molecule has 0 atom stereocenters. The van der Waals surface area contributed by atoms with Gasteiger partial charge in [0.2, 0.25) is 5.78 Å². The Morgan fingerprint density at radius 3 is 2.71 bits per heavy atom. The number of ketones is 1. The van der Waals surface area contributed by atoms with Gasteiger partial charge < -0.3 is 4.84 Å². The highest BCUT2D eigenvalue weighted by Crippen LogP contribution is 2.01. The molecule has 0 saturated heterocycles. The standard InChI is InChI=1S/C3H2INO2/c4-3-2(6)1-7-5-3/h1H2. The number of nitrogens with zero attached hydrogens (tertiary/aromatic N) is 1. The van der Waals surface area contributed by atoms with Crippen LogP contribution in [-0.4, -0.2) is 16.1 Å². The Balaban J connectivity index is 2.72. The zero-order valence-corrected chi connectivity index (χ0v) is 5.51. The van der Waals surface area contributed by atoms with Gasteiger partial charge >= 0.3 is 0 Å². The molecule has 0 bridgehead atoms. The minimum absolute atomic E-state index is 0.0272. The SMILES string of the molecule is O=C1CON=C1I. The summed E-state index contributed by atoms with van der Waals surface area (Å²) in [7, 11) is 0. The molecule has 0 aliphatic carbocycles. The molecule has 0 amide bonds. The van der Waals surface area contributed by atoms with Crippen LogP contribution in [0.5, 0.6) is 0 Å². The zero-order valence-electron chi connectivity index (χ0n) is 3.35. The van der Waals surface area contributed by atoms with Crippen LogP contribution >= 0.6 is 22.6 Å². The van der Waals surface area contributed by atoms with Crippen LogP contribution in [0.1, 0.15) is 0 Å².